The number of esters is 1. The van der Waals surface area contributed by atoms with Crippen molar-refractivity contribution < 1.29 is 24.5 Å². The van der Waals surface area contributed by atoms with Gasteiger partial charge in [-0.3, -0.25) is 4.79 Å². The molecule has 1 spiro atoms. The van der Waals surface area contributed by atoms with E-state index in [0.29, 0.717) is 24.2 Å². The molecule has 1 heterocycles. The van der Waals surface area contributed by atoms with Gasteiger partial charge in [-0.15, -0.1) is 0 Å². The van der Waals surface area contributed by atoms with Gasteiger partial charge in [-0.25, -0.2) is 4.79 Å². The van der Waals surface area contributed by atoms with E-state index in [9.17, 15) is 19.8 Å². The van der Waals surface area contributed by atoms with E-state index in [1.807, 2.05) is 20.8 Å². The number of carbonyl (C=O) groups is 2. The summed E-state index contributed by atoms with van der Waals surface area (Å²) in [5, 5.41) is 20.7. The summed E-state index contributed by atoms with van der Waals surface area (Å²) < 4.78 is 5.90. The highest BCUT2D eigenvalue weighted by atomic mass is 16.5. The molecule has 4 fully saturated rings. The second-order valence-electron chi connectivity index (χ2n) is 14.1. The van der Waals surface area contributed by atoms with Gasteiger partial charge in [0.15, 0.2) is 0 Å². The van der Waals surface area contributed by atoms with Crippen LogP contribution < -0.4 is 0 Å². The molecule has 0 amide bonds. The van der Waals surface area contributed by atoms with Crippen molar-refractivity contribution in [3.8, 4) is 0 Å². The maximum Gasteiger partial charge on any atom is 0.333 e. The van der Waals surface area contributed by atoms with E-state index in [1.165, 1.54) is 12.8 Å². The first-order chi connectivity index (χ1) is 16.2. The van der Waals surface area contributed by atoms with Gasteiger partial charge in [0.05, 0.1) is 5.60 Å². The molecule has 5 rings (SSSR count). The molecule has 0 aromatic rings. The molecular formula is C30H46O5. The molecule has 4 saturated carbocycles. The van der Waals surface area contributed by atoms with Gasteiger partial charge in [0, 0.05) is 18.4 Å². The van der Waals surface area contributed by atoms with Gasteiger partial charge in [0.2, 0.25) is 0 Å². The van der Waals surface area contributed by atoms with Gasteiger partial charge in [-0.1, -0.05) is 26.8 Å². The lowest BCUT2D eigenvalue weighted by Gasteiger charge is -2.62. The molecule has 0 radical (unpaired) electrons. The zero-order chi connectivity index (χ0) is 25.6. The van der Waals surface area contributed by atoms with Crippen molar-refractivity contribution in [3.05, 3.63) is 11.6 Å². The Hall–Kier alpha value is -1.36. The number of carboxylic acids is 1. The summed E-state index contributed by atoms with van der Waals surface area (Å²) in [6.07, 6.45) is 11.6. The number of rotatable bonds is 6. The van der Waals surface area contributed by atoms with E-state index in [-0.39, 0.29) is 46.1 Å². The van der Waals surface area contributed by atoms with Crippen LogP contribution in [-0.2, 0) is 14.3 Å². The maximum absolute atomic E-state index is 12.3. The van der Waals surface area contributed by atoms with E-state index in [0.717, 1.165) is 44.1 Å². The van der Waals surface area contributed by atoms with Crippen molar-refractivity contribution in [3.63, 3.8) is 0 Å². The van der Waals surface area contributed by atoms with Crippen molar-refractivity contribution in [2.75, 3.05) is 0 Å². The highest BCUT2D eigenvalue weighted by molar-refractivity contribution is 5.88. The van der Waals surface area contributed by atoms with Gasteiger partial charge in [-0.05, 0) is 117 Å². The minimum atomic E-state index is -0.780. The molecule has 5 aliphatic rings. The quantitative estimate of drug-likeness (QED) is 0.441. The minimum Gasteiger partial charge on any atom is -0.481 e. The molecule has 196 valence electrons. The topological polar surface area (TPSA) is 83.8 Å². The van der Waals surface area contributed by atoms with E-state index < -0.39 is 11.6 Å². The van der Waals surface area contributed by atoms with Crippen molar-refractivity contribution in [2.45, 2.75) is 117 Å². The molecule has 0 aromatic carbocycles. The van der Waals surface area contributed by atoms with E-state index >= 15 is 0 Å². The lowest BCUT2D eigenvalue weighted by molar-refractivity contribution is -0.161. The largest absolute Gasteiger partial charge is 0.481 e. The molecule has 9 atom stereocenters. The predicted octanol–water partition coefficient (Wildman–Crippen LogP) is 6.14. The summed E-state index contributed by atoms with van der Waals surface area (Å²) in [4.78, 5) is 23.9. The molecule has 4 aliphatic carbocycles. The molecule has 0 saturated heterocycles. The number of fused-ring (bicyclic) bond motifs is 2. The van der Waals surface area contributed by atoms with Crippen LogP contribution in [0.25, 0.3) is 0 Å². The van der Waals surface area contributed by atoms with Gasteiger partial charge in [-0.2, -0.15) is 0 Å². The zero-order valence-corrected chi connectivity index (χ0v) is 22.7. The highest BCUT2D eigenvalue weighted by Gasteiger charge is 2.81. The van der Waals surface area contributed by atoms with E-state index in [1.54, 1.807) is 0 Å². The number of carboxylic acid groups (broad SMARTS) is 1. The Bertz CT molecular complexity index is 947. The average Bonchev–Trinajstić information content (AvgIpc) is 3.36. The fourth-order valence-corrected chi connectivity index (χ4v) is 10.7. The minimum absolute atomic E-state index is 0.0345. The van der Waals surface area contributed by atoms with E-state index in [4.69, 9.17) is 4.74 Å². The number of hydrogen-bond donors (Lipinski definition) is 2. The molecule has 5 nitrogen and oxygen atoms in total. The zero-order valence-electron chi connectivity index (χ0n) is 22.7. The van der Waals surface area contributed by atoms with Gasteiger partial charge in [0.25, 0.3) is 0 Å². The molecule has 0 aromatic heterocycles. The Morgan fingerprint density at radius 2 is 1.89 bits per heavy atom. The first kappa shape index (κ1) is 25.3. The first-order valence-electron chi connectivity index (χ1n) is 14.0. The smallest absolute Gasteiger partial charge is 0.333 e. The van der Waals surface area contributed by atoms with Gasteiger partial charge < -0.3 is 14.9 Å². The summed E-state index contributed by atoms with van der Waals surface area (Å²) in [6.45, 7) is 13.1. The number of aliphatic hydroxyl groups is 1. The molecule has 0 unspecified atom stereocenters. The monoisotopic (exact) mass is 486 g/mol. The van der Waals surface area contributed by atoms with Crippen LogP contribution >= 0.6 is 0 Å². The second-order valence-corrected chi connectivity index (χ2v) is 14.1. The van der Waals surface area contributed by atoms with Crippen LogP contribution in [0, 0.1) is 45.3 Å². The number of ether oxygens (including phenoxy) is 1. The fraction of sp³-hybridized carbons (Fsp3) is 0.867. The number of hydrogen-bond acceptors (Lipinski definition) is 4. The number of carbonyl (C=O) groups excluding carboxylic acids is 1. The van der Waals surface area contributed by atoms with Crippen LogP contribution in [0.4, 0.5) is 0 Å². The van der Waals surface area contributed by atoms with Crippen molar-refractivity contribution in [2.24, 2.45) is 45.3 Å². The normalized spacial score (nSPS) is 47.6. The highest BCUT2D eigenvalue weighted by Crippen LogP contribution is 2.87. The lowest BCUT2D eigenvalue weighted by Crippen LogP contribution is -2.56. The Morgan fingerprint density at radius 3 is 2.51 bits per heavy atom. The Kier molecular flexibility index (Phi) is 5.65. The van der Waals surface area contributed by atoms with Gasteiger partial charge in [0.1, 0.15) is 6.10 Å². The molecule has 5 heteroatoms. The molecule has 0 bridgehead atoms. The van der Waals surface area contributed by atoms with Gasteiger partial charge >= 0.3 is 11.9 Å². The molecule has 2 N–H and O–H groups in total. The van der Waals surface area contributed by atoms with Crippen LogP contribution in [0.2, 0.25) is 0 Å². The van der Waals surface area contributed by atoms with Crippen LogP contribution in [-0.4, -0.2) is 33.9 Å². The second kappa shape index (κ2) is 7.82. The summed E-state index contributed by atoms with van der Waals surface area (Å²) >= 11 is 0. The Balaban J connectivity index is 1.44. The summed E-state index contributed by atoms with van der Waals surface area (Å²) in [5.41, 5.74) is 0.470. The Morgan fingerprint density at radius 1 is 1.17 bits per heavy atom. The third-order valence-electron chi connectivity index (χ3n) is 12.6. The third kappa shape index (κ3) is 3.35. The van der Waals surface area contributed by atoms with Crippen molar-refractivity contribution >= 4 is 11.9 Å². The first-order valence-corrected chi connectivity index (χ1v) is 14.0. The van der Waals surface area contributed by atoms with Crippen molar-refractivity contribution in [1.29, 1.82) is 0 Å². The third-order valence-corrected chi connectivity index (χ3v) is 12.6. The van der Waals surface area contributed by atoms with Crippen LogP contribution in [0.3, 0.4) is 0 Å². The Labute approximate surface area is 211 Å². The fourth-order valence-electron chi connectivity index (χ4n) is 10.7. The molecule has 35 heavy (non-hydrogen) atoms. The predicted molar refractivity (Wildman–Crippen MR) is 134 cm³/mol. The molecular weight excluding hydrogens is 440 g/mol. The molecule has 1 aliphatic heterocycles. The SMILES string of the molecule is CC1=CC[C@H]([C@@H](C)[C@H]2CC[C@@]3(C)[C@@H]4CC[C@@H](C(C)(C)O)[C@@]5(CCC(=O)O)C[C@@]45CC[C@]23C)OC1=O. The maximum atomic E-state index is 12.3. The average molecular weight is 487 g/mol. The number of aliphatic carboxylic acids is 1. The van der Waals surface area contributed by atoms with Crippen LogP contribution in [0.5, 0.6) is 0 Å². The summed E-state index contributed by atoms with van der Waals surface area (Å²) in [5.74, 6) is 0.723. The van der Waals surface area contributed by atoms with Crippen molar-refractivity contribution in [1.82, 2.24) is 0 Å². The van der Waals surface area contributed by atoms with Crippen LogP contribution in [0.15, 0.2) is 11.6 Å². The van der Waals surface area contributed by atoms with E-state index in [2.05, 4.69) is 26.8 Å². The standard InChI is InChI=1S/C30H46O5/c1-18-7-8-21(35-25(18)33)19(2)20-11-13-28(6)23-10-9-22(26(3,4)34)29(14-12-24(31)32)17-30(23,29)16-15-27(20,28)5/h7,19-23,34H,8-17H2,1-6H3,(H,31,32)/t19-,20+,21+,22-,23-,27+,28-,29+,30-/m0/s1. The van der Waals surface area contributed by atoms with Crippen LogP contribution in [0.1, 0.15) is 106 Å². The summed E-state index contributed by atoms with van der Waals surface area (Å²) in [6, 6.07) is 0. The lowest BCUT2D eigenvalue weighted by atomic mass is 9.43. The summed E-state index contributed by atoms with van der Waals surface area (Å²) in [7, 11) is 0. The number of cyclic esters (lactones) is 1.